The molecule has 0 spiro atoms. The van der Waals surface area contributed by atoms with E-state index < -0.39 is 0 Å². The number of methoxy groups -OCH3 is 2. The fourth-order valence-corrected chi connectivity index (χ4v) is 2.39. The van der Waals surface area contributed by atoms with Crippen molar-refractivity contribution < 1.29 is 9.47 Å². The Labute approximate surface area is 116 Å². The monoisotopic (exact) mass is 269 g/mol. The van der Waals surface area contributed by atoms with Crippen LogP contribution in [0.15, 0.2) is 36.9 Å². The van der Waals surface area contributed by atoms with Crippen molar-refractivity contribution in [3.63, 3.8) is 0 Å². The number of hydrogen-bond acceptors (Lipinski definition) is 4. The van der Waals surface area contributed by atoms with Crippen molar-refractivity contribution in [1.82, 2.24) is 14.8 Å². The number of benzene rings is 1. The van der Waals surface area contributed by atoms with E-state index >= 15 is 0 Å². The lowest BCUT2D eigenvalue weighted by Gasteiger charge is -2.14. The third-order valence-corrected chi connectivity index (χ3v) is 3.28. The molecule has 1 aromatic carbocycles. The highest BCUT2D eigenvalue weighted by atomic mass is 16.5. The van der Waals surface area contributed by atoms with E-state index in [-0.39, 0.29) is 0 Å². The molecule has 0 amide bonds. The highest BCUT2D eigenvalue weighted by Crippen LogP contribution is 2.43. The quantitative estimate of drug-likeness (QED) is 0.733. The summed E-state index contributed by atoms with van der Waals surface area (Å²) < 4.78 is 12.8. The predicted molar refractivity (Wildman–Crippen MR) is 77.0 cm³/mol. The van der Waals surface area contributed by atoms with Crippen molar-refractivity contribution in [2.75, 3.05) is 14.2 Å². The predicted octanol–water partition coefficient (Wildman–Crippen LogP) is 2.65. The molecule has 102 valence electrons. The van der Waals surface area contributed by atoms with E-state index in [1.165, 1.54) is 0 Å². The number of hydrogen-bond donors (Lipinski definition) is 0. The molecule has 2 aromatic heterocycles. The molecule has 0 unspecified atom stereocenters. The highest BCUT2D eigenvalue weighted by Gasteiger charge is 2.17. The molecule has 0 saturated heterocycles. The number of aromatic nitrogens is 3. The topological polar surface area (TPSA) is 49.2 Å². The van der Waals surface area contributed by atoms with E-state index in [0.717, 1.165) is 21.9 Å². The molecule has 0 saturated carbocycles. The van der Waals surface area contributed by atoms with Gasteiger partial charge in [0.25, 0.3) is 0 Å². The Hall–Kier alpha value is -2.56. The molecule has 0 N–H and O–H groups in total. The van der Waals surface area contributed by atoms with E-state index in [4.69, 9.17) is 9.47 Å². The Bertz CT molecular complexity index is 765. The average molecular weight is 269 g/mol. The van der Waals surface area contributed by atoms with Gasteiger partial charge in [-0.1, -0.05) is 0 Å². The molecule has 5 nitrogen and oxygen atoms in total. The zero-order valence-corrected chi connectivity index (χ0v) is 11.6. The summed E-state index contributed by atoms with van der Waals surface area (Å²) in [5.41, 5.74) is 1.96. The summed E-state index contributed by atoms with van der Waals surface area (Å²) in [6.07, 6.45) is 7.36. The first kappa shape index (κ1) is 12.5. The maximum Gasteiger partial charge on any atom is 0.169 e. The van der Waals surface area contributed by atoms with Gasteiger partial charge in [0.1, 0.15) is 0 Å². The molecule has 0 atom stereocenters. The van der Waals surface area contributed by atoms with Crippen LogP contribution in [-0.2, 0) is 7.05 Å². The molecule has 0 aliphatic heterocycles. The molecule has 0 aliphatic carbocycles. The second-order valence-electron chi connectivity index (χ2n) is 4.49. The smallest absolute Gasteiger partial charge is 0.169 e. The van der Waals surface area contributed by atoms with Crippen LogP contribution in [0.5, 0.6) is 11.5 Å². The second kappa shape index (κ2) is 4.85. The van der Waals surface area contributed by atoms with Crippen molar-refractivity contribution in [2.24, 2.45) is 7.05 Å². The Kier molecular flexibility index (Phi) is 3.02. The third kappa shape index (κ3) is 1.87. The van der Waals surface area contributed by atoms with Gasteiger partial charge in [0, 0.05) is 42.2 Å². The van der Waals surface area contributed by atoms with E-state index in [1.54, 1.807) is 25.1 Å². The van der Waals surface area contributed by atoms with Gasteiger partial charge < -0.3 is 9.47 Å². The molecule has 2 heterocycles. The summed E-state index contributed by atoms with van der Waals surface area (Å²) in [5.74, 6) is 1.39. The Morgan fingerprint density at radius 1 is 1.15 bits per heavy atom. The van der Waals surface area contributed by atoms with Crippen LogP contribution >= 0.6 is 0 Å². The van der Waals surface area contributed by atoms with Crippen LogP contribution in [0.3, 0.4) is 0 Å². The summed E-state index contributed by atoms with van der Waals surface area (Å²) in [4.78, 5) is 4.17. The molecule has 20 heavy (non-hydrogen) atoms. The summed E-state index contributed by atoms with van der Waals surface area (Å²) >= 11 is 0. The van der Waals surface area contributed by atoms with Crippen molar-refractivity contribution in [2.45, 2.75) is 0 Å². The number of aryl methyl sites for hydroxylation is 1. The molecule has 5 heteroatoms. The lowest BCUT2D eigenvalue weighted by Crippen LogP contribution is -1.95. The lowest BCUT2D eigenvalue weighted by molar-refractivity contribution is 0.357. The number of rotatable bonds is 3. The van der Waals surface area contributed by atoms with Gasteiger partial charge >= 0.3 is 0 Å². The molecule has 3 rings (SSSR count). The van der Waals surface area contributed by atoms with Gasteiger partial charge in [0.05, 0.1) is 20.4 Å². The Morgan fingerprint density at radius 2 is 2.00 bits per heavy atom. The minimum atomic E-state index is 0.687. The summed E-state index contributed by atoms with van der Waals surface area (Å²) in [6.45, 7) is 0. The molecule has 0 bridgehead atoms. The van der Waals surface area contributed by atoms with Crippen molar-refractivity contribution in [3.8, 4) is 22.6 Å². The minimum absolute atomic E-state index is 0.687. The molecule has 0 fully saturated rings. The normalized spacial score (nSPS) is 10.8. The van der Waals surface area contributed by atoms with Crippen LogP contribution in [0.4, 0.5) is 0 Å². The SMILES string of the molecule is COc1cc2cnccc2c(-c2cnn(C)c2)c1OC. The van der Waals surface area contributed by atoms with Crippen molar-refractivity contribution in [1.29, 1.82) is 0 Å². The number of fused-ring (bicyclic) bond motifs is 1. The van der Waals surface area contributed by atoms with Gasteiger partial charge in [-0.25, -0.2) is 0 Å². The minimum Gasteiger partial charge on any atom is -0.493 e. The first-order valence-corrected chi connectivity index (χ1v) is 6.22. The van der Waals surface area contributed by atoms with Crippen LogP contribution in [0.2, 0.25) is 0 Å². The van der Waals surface area contributed by atoms with E-state index in [0.29, 0.717) is 11.5 Å². The van der Waals surface area contributed by atoms with Gasteiger partial charge in [0.15, 0.2) is 11.5 Å². The van der Waals surface area contributed by atoms with Crippen LogP contribution < -0.4 is 9.47 Å². The van der Waals surface area contributed by atoms with Gasteiger partial charge in [-0.3, -0.25) is 9.67 Å². The van der Waals surface area contributed by atoms with Gasteiger partial charge in [-0.15, -0.1) is 0 Å². The van der Waals surface area contributed by atoms with Crippen LogP contribution in [-0.4, -0.2) is 29.0 Å². The molecular weight excluding hydrogens is 254 g/mol. The van der Waals surface area contributed by atoms with Gasteiger partial charge in [0.2, 0.25) is 0 Å². The Morgan fingerprint density at radius 3 is 2.65 bits per heavy atom. The molecule has 3 aromatic rings. The molecule has 0 aliphatic rings. The third-order valence-electron chi connectivity index (χ3n) is 3.28. The van der Waals surface area contributed by atoms with Crippen molar-refractivity contribution in [3.05, 3.63) is 36.9 Å². The summed E-state index contributed by atoms with van der Waals surface area (Å²) in [5, 5.41) is 6.30. The zero-order chi connectivity index (χ0) is 14.1. The Balaban J connectivity index is 2.42. The van der Waals surface area contributed by atoms with Gasteiger partial charge in [-0.05, 0) is 17.5 Å². The largest absolute Gasteiger partial charge is 0.493 e. The first-order chi connectivity index (χ1) is 9.74. The standard InChI is InChI=1S/C15H15N3O2/c1-18-9-11(8-17-18)14-12-4-5-16-7-10(12)6-13(19-2)15(14)20-3/h4-9H,1-3H3. The fraction of sp³-hybridized carbons (Fsp3) is 0.200. The first-order valence-electron chi connectivity index (χ1n) is 6.22. The van der Waals surface area contributed by atoms with Gasteiger partial charge in [-0.2, -0.15) is 5.10 Å². The van der Waals surface area contributed by atoms with Crippen LogP contribution in [0.25, 0.3) is 21.9 Å². The number of nitrogens with zero attached hydrogens (tertiary/aromatic N) is 3. The van der Waals surface area contributed by atoms with Crippen molar-refractivity contribution >= 4 is 10.8 Å². The van der Waals surface area contributed by atoms with E-state index in [1.807, 2.05) is 37.8 Å². The summed E-state index contributed by atoms with van der Waals surface area (Å²) in [7, 11) is 5.16. The maximum atomic E-state index is 5.56. The second-order valence-corrected chi connectivity index (χ2v) is 4.49. The highest BCUT2D eigenvalue weighted by molar-refractivity contribution is 6.01. The van der Waals surface area contributed by atoms with Crippen LogP contribution in [0, 0.1) is 0 Å². The number of pyridine rings is 1. The van der Waals surface area contributed by atoms with E-state index in [2.05, 4.69) is 10.1 Å². The molecular formula is C15H15N3O2. The van der Waals surface area contributed by atoms with E-state index in [9.17, 15) is 0 Å². The maximum absolute atomic E-state index is 5.56. The lowest BCUT2D eigenvalue weighted by atomic mass is 10.00. The number of ether oxygens (including phenoxy) is 2. The molecule has 0 radical (unpaired) electrons. The van der Waals surface area contributed by atoms with Crippen LogP contribution in [0.1, 0.15) is 0 Å². The average Bonchev–Trinajstić information content (AvgIpc) is 2.91. The fourth-order valence-electron chi connectivity index (χ4n) is 2.39. The summed E-state index contributed by atoms with van der Waals surface area (Å²) in [6, 6.07) is 3.90. The zero-order valence-electron chi connectivity index (χ0n) is 11.6.